The zero-order chi connectivity index (χ0) is 35.7. The van der Waals surface area contributed by atoms with Crippen LogP contribution in [0.25, 0.3) is 0 Å². The van der Waals surface area contributed by atoms with Crippen molar-refractivity contribution >= 4 is 33.4 Å². The summed E-state index contributed by atoms with van der Waals surface area (Å²) in [6.07, 6.45) is 5.55. The summed E-state index contributed by atoms with van der Waals surface area (Å²) in [4.78, 5) is 37.7. The van der Waals surface area contributed by atoms with E-state index in [0.29, 0.717) is 41.6 Å². The summed E-state index contributed by atoms with van der Waals surface area (Å²) in [6, 6.07) is 17.7. The number of carboxylic acid groups (broad SMARTS) is 2. The van der Waals surface area contributed by atoms with Gasteiger partial charge in [0.1, 0.15) is 21.4 Å². The SMILES string of the molecule is CS(=O)(=O)CCCCCCc1ccc(N2C(=O)[C@H](CC[C@H](O)c3ccc(F)cc3)[C@H]2c2ccc(CCCC(C(=O)O)C(=O)O)cc2O)cc1. The van der Waals surface area contributed by atoms with Crippen LogP contribution in [-0.2, 0) is 37.1 Å². The molecule has 1 heterocycles. The van der Waals surface area contributed by atoms with Crippen LogP contribution in [0.3, 0.4) is 0 Å². The predicted molar refractivity (Wildman–Crippen MR) is 182 cm³/mol. The van der Waals surface area contributed by atoms with E-state index < -0.39 is 51.6 Å². The minimum absolute atomic E-state index is 0.0513. The van der Waals surface area contributed by atoms with Crippen LogP contribution >= 0.6 is 0 Å². The van der Waals surface area contributed by atoms with E-state index in [4.69, 9.17) is 10.2 Å². The van der Waals surface area contributed by atoms with Gasteiger partial charge in [-0.2, -0.15) is 0 Å². The Morgan fingerprint density at radius 3 is 2.06 bits per heavy atom. The third kappa shape index (κ3) is 10.4. The van der Waals surface area contributed by atoms with Crippen LogP contribution in [0, 0.1) is 17.7 Å². The Kier molecular flexibility index (Phi) is 12.9. The second-order valence-electron chi connectivity index (χ2n) is 12.9. The molecule has 1 fully saturated rings. The molecule has 0 aromatic heterocycles. The van der Waals surface area contributed by atoms with E-state index in [-0.39, 0.29) is 36.7 Å². The third-order valence-corrected chi connectivity index (χ3v) is 10.2. The average molecular weight is 698 g/mol. The molecular formula is C37H44FNO9S. The van der Waals surface area contributed by atoms with E-state index >= 15 is 0 Å². The number of aryl methyl sites for hydroxylation is 2. The van der Waals surface area contributed by atoms with E-state index in [2.05, 4.69) is 0 Å². The molecule has 12 heteroatoms. The molecule has 10 nitrogen and oxygen atoms in total. The molecule has 49 heavy (non-hydrogen) atoms. The number of carboxylic acids is 2. The summed E-state index contributed by atoms with van der Waals surface area (Å²) in [5.74, 6) is -5.29. The quantitative estimate of drug-likeness (QED) is 0.0666. The number of aromatic hydroxyl groups is 1. The van der Waals surface area contributed by atoms with Crippen molar-refractivity contribution in [3.05, 3.63) is 94.8 Å². The maximum atomic E-state index is 13.6. The second kappa shape index (κ2) is 16.9. The first-order valence-corrected chi connectivity index (χ1v) is 18.6. The van der Waals surface area contributed by atoms with Crippen molar-refractivity contribution < 1.29 is 47.6 Å². The standard InChI is InChI=1S/C37H44FNO9S/c1-49(47,48)22-5-3-2-4-7-24-10-17-28(18-11-24)39-34(30(35(39)42)20-21-32(40)26-13-15-27(38)16-14-26)29-19-12-25(23-33(29)41)8-6-9-31(36(43)44)37(45)46/h10-19,23,30-32,34,40-41H,2-9,20-22H2,1H3,(H,43,44)(H,45,46)/t30-,32+,34-/m1/s1. The van der Waals surface area contributed by atoms with E-state index in [9.17, 15) is 37.4 Å². The van der Waals surface area contributed by atoms with Gasteiger partial charge >= 0.3 is 11.9 Å². The molecule has 1 amide bonds. The van der Waals surface area contributed by atoms with Gasteiger partial charge in [0.2, 0.25) is 5.91 Å². The van der Waals surface area contributed by atoms with Gasteiger partial charge < -0.3 is 25.3 Å². The van der Waals surface area contributed by atoms with Crippen LogP contribution in [0.4, 0.5) is 10.1 Å². The van der Waals surface area contributed by atoms with Crippen molar-refractivity contribution in [1.82, 2.24) is 0 Å². The number of halogens is 1. The van der Waals surface area contributed by atoms with Crippen LogP contribution in [0.1, 0.15) is 85.8 Å². The van der Waals surface area contributed by atoms with E-state index in [1.165, 1.54) is 30.5 Å². The van der Waals surface area contributed by atoms with Gasteiger partial charge in [0.05, 0.1) is 18.1 Å². The number of aliphatic hydroxyl groups excluding tert-OH is 1. The number of anilines is 1. The number of carbonyl (C=O) groups excluding carboxylic acids is 1. The van der Waals surface area contributed by atoms with Gasteiger partial charge in [-0.15, -0.1) is 0 Å². The highest BCUT2D eigenvalue weighted by Gasteiger charge is 2.49. The molecule has 3 atom stereocenters. The van der Waals surface area contributed by atoms with Crippen molar-refractivity contribution in [3.8, 4) is 5.75 Å². The molecule has 1 aliphatic heterocycles. The Balaban J connectivity index is 1.47. The zero-order valence-electron chi connectivity index (χ0n) is 27.5. The minimum atomic E-state index is -2.95. The Bertz CT molecular complexity index is 1700. The summed E-state index contributed by atoms with van der Waals surface area (Å²) in [6.45, 7) is 0. The molecule has 0 spiro atoms. The second-order valence-corrected chi connectivity index (χ2v) is 15.1. The summed E-state index contributed by atoms with van der Waals surface area (Å²) in [5, 5.41) is 40.2. The fraction of sp³-hybridized carbons (Fsp3) is 0.432. The maximum Gasteiger partial charge on any atom is 0.317 e. The summed E-state index contributed by atoms with van der Waals surface area (Å²) >= 11 is 0. The number of unbranched alkanes of at least 4 members (excludes halogenated alkanes) is 3. The number of β-lactam (4-membered cyclic amide) rings is 1. The molecule has 4 N–H and O–H groups in total. The first kappa shape index (κ1) is 37.5. The number of phenolic OH excluding ortho intramolecular Hbond substituents is 1. The van der Waals surface area contributed by atoms with Crippen LogP contribution in [0.5, 0.6) is 5.75 Å². The number of aliphatic hydroxyl groups is 1. The number of hydrogen-bond acceptors (Lipinski definition) is 7. The maximum absolute atomic E-state index is 13.6. The lowest BCUT2D eigenvalue weighted by Crippen LogP contribution is -2.55. The predicted octanol–water partition coefficient (Wildman–Crippen LogP) is 6.00. The summed E-state index contributed by atoms with van der Waals surface area (Å²) in [7, 11) is -2.95. The number of nitrogens with zero attached hydrogens (tertiary/aromatic N) is 1. The van der Waals surface area contributed by atoms with Gasteiger partial charge in [0, 0.05) is 23.3 Å². The molecule has 3 aromatic carbocycles. The Morgan fingerprint density at radius 2 is 1.45 bits per heavy atom. The number of phenols is 1. The molecule has 0 bridgehead atoms. The average Bonchev–Trinajstić information content (AvgIpc) is 3.04. The molecule has 3 aromatic rings. The molecule has 0 unspecified atom stereocenters. The minimum Gasteiger partial charge on any atom is -0.508 e. The lowest BCUT2D eigenvalue weighted by Gasteiger charge is -2.48. The van der Waals surface area contributed by atoms with Gasteiger partial charge in [0.25, 0.3) is 0 Å². The Morgan fingerprint density at radius 1 is 0.837 bits per heavy atom. The molecule has 0 saturated carbocycles. The lowest BCUT2D eigenvalue weighted by atomic mass is 9.77. The van der Waals surface area contributed by atoms with E-state index in [1.807, 2.05) is 24.3 Å². The summed E-state index contributed by atoms with van der Waals surface area (Å²) < 4.78 is 36.1. The topological polar surface area (TPSA) is 170 Å². The number of benzene rings is 3. The van der Waals surface area contributed by atoms with Crippen molar-refractivity contribution in [1.29, 1.82) is 0 Å². The molecule has 1 saturated heterocycles. The van der Waals surface area contributed by atoms with Crippen LogP contribution in [0.15, 0.2) is 66.7 Å². The molecular weight excluding hydrogens is 653 g/mol. The number of amides is 1. The number of aliphatic carboxylic acids is 2. The highest BCUT2D eigenvalue weighted by molar-refractivity contribution is 7.90. The number of hydrogen-bond donors (Lipinski definition) is 4. The van der Waals surface area contributed by atoms with Gasteiger partial charge in [-0.3, -0.25) is 14.4 Å². The van der Waals surface area contributed by atoms with Gasteiger partial charge in [-0.1, -0.05) is 49.2 Å². The van der Waals surface area contributed by atoms with Crippen LogP contribution in [0.2, 0.25) is 0 Å². The van der Waals surface area contributed by atoms with Gasteiger partial charge in [0.15, 0.2) is 5.92 Å². The lowest BCUT2D eigenvalue weighted by molar-refractivity contribution is -0.154. The highest BCUT2D eigenvalue weighted by Crippen LogP contribution is 2.48. The Hall–Kier alpha value is -4.29. The van der Waals surface area contributed by atoms with Crippen LogP contribution in [-0.4, -0.2) is 58.7 Å². The number of rotatable bonds is 19. The third-order valence-electron chi connectivity index (χ3n) is 9.13. The monoisotopic (exact) mass is 697 g/mol. The molecule has 0 aliphatic carbocycles. The van der Waals surface area contributed by atoms with E-state index in [1.54, 1.807) is 23.1 Å². The Labute approximate surface area is 286 Å². The van der Waals surface area contributed by atoms with Crippen molar-refractivity contribution in [2.45, 2.75) is 76.4 Å². The van der Waals surface area contributed by atoms with Crippen LogP contribution < -0.4 is 4.90 Å². The van der Waals surface area contributed by atoms with Crippen molar-refractivity contribution in [2.24, 2.45) is 11.8 Å². The van der Waals surface area contributed by atoms with Crippen molar-refractivity contribution in [2.75, 3.05) is 16.9 Å². The number of carbonyl (C=O) groups is 3. The first-order chi connectivity index (χ1) is 23.2. The number of sulfone groups is 1. The van der Waals surface area contributed by atoms with Gasteiger partial charge in [-0.05, 0) is 98.4 Å². The first-order valence-electron chi connectivity index (χ1n) is 16.6. The smallest absolute Gasteiger partial charge is 0.317 e. The fourth-order valence-electron chi connectivity index (χ4n) is 6.39. The molecule has 264 valence electrons. The largest absolute Gasteiger partial charge is 0.508 e. The fourth-order valence-corrected chi connectivity index (χ4v) is 7.12. The molecule has 0 radical (unpaired) electrons. The highest BCUT2D eigenvalue weighted by atomic mass is 32.2. The van der Waals surface area contributed by atoms with E-state index in [0.717, 1.165) is 31.2 Å². The van der Waals surface area contributed by atoms with Crippen molar-refractivity contribution in [3.63, 3.8) is 0 Å². The summed E-state index contributed by atoms with van der Waals surface area (Å²) in [5.41, 5.74) is 3.47. The normalized spacial score (nSPS) is 16.8. The molecule has 4 rings (SSSR count). The molecule has 1 aliphatic rings. The zero-order valence-corrected chi connectivity index (χ0v) is 28.3. The van der Waals surface area contributed by atoms with Gasteiger partial charge in [-0.25, -0.2) is 12.8 Å².